The molecule has 1 heterocycles. The van der Waals surface area contributed by atoms with Crippen LogP contribution in [-0.2, 0) is 0 Å². The highest BCUT2D eigenvalue weighted by Crippen LogP contribution is 2.50. The van der Waals surface area contributed by atoms with Crippen LogP contribution in [0, 0.1) is 0 Å². The predicted molar refractivity (Wildman–Crippen MR) is 208 cm³/mol. The minimum atomic E-state index is 1.12. The van der Waals surface area contributed by atoms with Gasteiger partial charge in [-0.3, -0.25) is 0 Å². The fourth-order valence-electron chi connectivity index (χ4n) is 7.00. The fraction of sp³-hybridized carbons (Fsp3) is 0. The second-order valence-electron chi connectivity index (χ2n) is 12.1. The van der Waals surface area contributed by atoms with Gasteiger partial charge in [0.2, 0.25) is 0 Å². The third-order valence-corrected chi connectivity index (χ3v) is 10.4. The Balaban J connectivity index is 1.36. The number of thiophene rings is 1. The van der Waals surface area contributed by atoms with E-state index < -0.39 is 0 Å². The first kappa shape index (κ1) is 28.3. The first-order valence-electron chi connectivity index (χ1n) is 16.4. The Bertz CT molecular complexity index is 2550. The molecule has 0 radical (unpaired) electrons. The highest BCUT2D eigenvalue weighted by atomic mass is 32.1. The fourth-order valence-corrected chi connectivity index (χ4v) is 8.11. The largest absolute Gasteiger partial charge is 0.309 e. The molecule has 0 saturated heterocycles. The van der Waals surface area contributed by atoms with E-state index in [4.69, 9.17) is 0 Å². The zero-order valence-corrected chi connectivity index (χ0v) is 27.1. The molecule has 0 spiro atoms. The first-order chi connectivity index (χ1) is 23.8. The molecule has 0 amide bonds. The third-order valence-electron chi connectivity index (χ3n) is 9.26. The van der Waals surface area contributed by atoms with Crippen LogP contribution in [0.3, 0.4) is 0 Å². The number of benzene rings is 8. The van der Waals surface area contributed by atoms with Crippen LogP contribution in [0.4, 0.5) is 17.1 Å². The minimum absolute atomic E-state index is 1.12. The third kappa shape index (κ3) is 4.95. The maximum Gasteiger partial charge on any atom is 0.0547 e. The number of fused-ring (bicyclic) bond motifs is 4. The summed E-state index contributed by atoms with van der Waals surface area (Å²) in [6.07, 6.45) is 0. The van der Waals surface area contributed by atoms with Crippen molar-refractivity contribution in [2.45, 2.75) is 0 Å². The lowest BCUT2D eigenvalue weighted by atomic mass is 9.93. The number of rotatable bonds is 6. The average Bonchev–Trinajstić information content (AvgIpc) is 3.55. The SMILES string of the molecule is c1ccc(-c2ccc(-c3c(N(c4ccc5ccccc5c4)c4ccccc4-c4ccccc4)ccc4sc5ccccc5c34)cc2)cc1. The number of para-hydroxylation sites is 1. The Morgan fingerprint density at radius 3 is 1.81 bits per heavy atom. The molecule has 0 bridgehead atoms. The summed E-state index contributed by atoms with van der Waals surface area (Å²) in [5, 5.41) is 5.03. The summed E-state index contributed by atoms with van der Waals surface area (Å²) in [5.41, 5.74) is 10.7. The van der Waals surface area contributed by atoms with E-state index in [9.17, 15) is 0 Å². The molecule has 226 valence electrons. The normalized spacial score (nSPS) is 11.3. The van der Waals surface area contributed by atoms with Gasteiger partial charge in [-0.1, -0.05) is 152 Å². The summed E-state index contributed by atoms with van der Waals surface area (Å²) < 4.78 is 2.59. The van der Waals surface area contributed by atoms with Gasteiger partial charge in [-0.15, -0.1) is 11.3 Å². The number of anilines is 3. The van der Waals surface area contributed by atoms with Gasteiger partial charge in [-0.25, -0.2) is 0 Å². The van der Waals surface area contributed by atoms with Crippen molar-refractivity contribution in [3.63, 3.8) is 0 Å². The van der Waals surface area contributed by atoms with Crippen LogP contribution in [0.15, 0.2) is 188 Å². The standard InChI is InChI=1S/C46H31NS/c1-3-13-32(14-4-1)34-23-25-36(26-24-34)45-42(29-30-44-46(45)40-20-10-12-22-43(40)48-44)47(38-28-27-33-15-7-8-18-37(33)31-38)41-21-11-9-19-39(41)35-16-5-2-6-17-35/h1-31H. The van der Waals surface area contributed by atoms with E-state index in [0.29, 0.717) is 0 Å². The van der Waals surface area contributed by atoms with E-state index >= 15 is 0 Å². The zero-order chi connectivity index (χ0) is 31.9. The zero-order valence-electron chi connectivity index (χ0n) is 26.3. The Labute approximate surface area is 284 Å². The van der Waals surface area contributed by atoms with Gasteiger partial charge in [0.15, 0.2) is 0 Å². The molecule has 0 aliphatic carbocycles. The van der Waals surface area contributed by atoms with Gasteiger partial charge in [0.25, 0.3) is 0 Å². The van der Waals surface area contributed by atoms with E-state index in [-0.39, 0.29) is 0 Å². The van der Waals surface area contributed by atoms with Crippen molar-refractivity contribution in [1.29, 1.82) is 0 Å². The average molecular weight is 630 g/mol. The highest BCUT2D eigenvalue weighted by molar-refractivity contribution is 7.26. The highest BCUT2D eigenvalue weighted by Gasteiger charge is 2.24. The van der Waals surface area contributed by atoms with Crippen molar-refractivity contribution in [2.24, 2.45) is 0 Å². The second kappa shape index (κ2) is 12.0. The minimum Gasteiger partial charge on any atom is -0.309 e. The maximum absolute atomic E-state index is 2.47. The van der Waals surface area contributed by atoms with Crippen molar-refractivity contribution < 1.29 is 0 Å². The number of nitrogens with zero attached hydrogens (tertiary/aromatic N) is 1. The molecule has 0 unspecified atom stereocenters. The summed E-state index contributed by atoms with van der Waals surface area (Å²) in [6.45, 7) is 0. The topological polar surface area (TPSA) is 3.24 Å². The first-order valence-corrected chi connectivity index (χ1v) is 17.2. The van der Waals surface area contributed by atoms with Crippen molar-refractivity contribution in [3.05, 3.63) is 188 Å². The van der Waals surface area contributed by atoms with Crippen molar-refractivity contribution in [3.8, 4) is 33.4 Å². The maximum atomic E-state index is 2.47. The predicted octanol–water partition coefficient (Wildman–Crippen LogP) is 13.7. The molecule has 2 heteroatoms. The molecule has 0 atom stereocenters. The van der Waals surface area contributed by atoms with E-state index in [1.165, 1.54) is 64.3 Å². The molecule has 0 fully saturated rings. The quantitative estimate of drug-likeness (QED) is 0.177. The van der Waals surface area contributed by atoms with Crippen LogP contribution in [0.1, 0.15) is 0 Å². The lowest BCUT2D eigenvalue weighted by Crippen LogP contribution is -2.12. The summed E-state index contributed by atoms with van der Waals surface area (Å²) in [5.74, 6) is 0. The Kier molecular flexibility index (Phi) is 7.07. The molecule has 1 nitrogen and oxygen atoms in total. The van der Waals surface area contributed by atoms with Gasteiger partial charge < -0.3 is 4.90 Å². The number of hydrogen-bond donors (Lipinski definition) is 0. The monoisotopic (exact) mass is 629 g/mol. The molecule has 9 rings (SSSR count). The molecule has 0 saturated carbocycles. The van der Waals surface area contributed by atoms with E-state index in [0.717, 1.165) is 17.1 Å². The van der Waals surface area contributed by atoms with E-state index in [1.807, 2.05) is 11.3 Å². The van der Waals surface area contributed by atoms with Crippen LogP contribution < -0.4 is 4.90 Å². The van der Waals surface area contributed by atoms with Crippen LogP contribution >= 0.6 is 11.3 Å². The van der Waals surface area contributed by atoms with Crippen molar-refractivity contribution in [1.82, 2.24) is 0 Å². The molecule has 48 heavy (non-hydrogen) atoms. The smallest absolute Gasteiger partial charge is 0.0547 e. The molecular formula is C46H31NS. The van der Waals surface area contributed by atoms with Gasteiger partial charge in [0, 0.05) is 37.0 Å². The molecule has 9 aromatic rings. The molecule has 0 N–H and O–H groups in total. The molecule has 1 aromatic heterocycles. The van der Waals surface area contributed by atoms with Gasteiger partial charge >= 0.3 is 0 Å². The molecule has 0 aliphatic rings. The van der Waals surface area contributed by atoms with Crippen LogP contribution in [0.2, 0.25) is 0 Å². The second-order valence-corrected chi connectivity index (χ2v) is 13.2. The van der Waals surface area contributed by atoms with Gasteiger partial charge in [-0.05, 0) is 69.4 Å². The van der Waals surface area contributed by atoms with Crippen molar-refractivity contribution >= 4 is 59.3 Å². The summed E-state index contributed by atoms with van der Waals surface area (Å²) >= 11 is 1.87. The van der Waals surface area contributed by atoms with Crippen LogP contribution in [0.5, 0.6) is 0 Å². The lowest BCUT2D eigenvalue weighted by molar-refractivity contribution is 1.29. The summed E-state index contributed by atoms with van der Waals surface area (Å²) in [6, 6.07) is 68.2. The van der Waals surface area contributed by atoms with Crippen LogP contribution in [0.25, 0.3) is 64.3 Å². The Hall–Kier alpha value is -5.96. The van der Waals surface area contributed by atoms with Crippen molar-refractivity contribution in [2.75, 3.05) is 4.90 Å². The molecule has 0 aliphatic heterocycles. The van der Waals surface area contributed by atoms with Crippen LogP contribution in [-0.4, -0.2) is 0 Å². The molecular weight excluding hydrogens is 599 g/mol. The van der Waals surface area contributed by atoms with Gasteiger partial charge in [-0.2, -0.15) is 0 Å². The van der Waals surface area contributed by atoms with Gasteiger partial charge in [0.1, 0.15) is 0 Å². The van der Waals surface area contributed by atoms with Gasteiger partial charge in [0.05, 0.1) is 11.4 Å². The molecule has 8 aromatic carbocycles. The lowest BCUT2D eigenvalue weighted by Gasteiger charge is -2.30. The van der Waals surface area contributed by atoms with E-state index in [1.54, 1.807) is 0 Å². The summed E-state index contributed by atoms with van der Waals surface area (Å²) in [7, 11) is 0. The Morgan fingerprint density at radius 1 is 0.375 bits per heavy atom. The number of hydrogen-bond acceptors (Lipinski definition) is 2. The summed E-state index contributed by atoms with van der Waals surface area (Å²) in [4.78, 5) is 2.47. The Morgan fingerprint density at radius 2 is 1.00 bits per heavy atom. The van der Waals surface area contributed by atoms with E-state index in [2.05, 4.69) is 193 Å².